The van der Waals surface area contributed by atoms with E-state index in [1.807, 2.05) is 0 Å². The molecule has 2 saturated heterocycles. The highest BCUT2D eigenvalue weighted by Gasteiger charge is 2.56. The summed E-state index contributed by atoms with van der Waals surface area (Å²) in [5.74, 6) is -0.321. The van der Waals surface area contributed by atoms with Crippen molar-refractivity contribution < 1.29 is 41.9 Å². The van der Waals surface area contributed by atoms with E-state index in [0.717, 1.165) is 15.7 Å². The number of aromatic amines is 2. The first-order valence-corrected chi connectivity index (χ1v) is 17.4. The number of ether oxygens (including phenoxy) is 2. The molecule has 26 heteroatoms. The van der Waals surface area contributed by atoms with Gasteiger partial charge in [-0.05, 0) is 16.4 Å². The maximum atomic E-state index is 15.7. The molecule has 0 bridgehead atoms. The van der Waals surface area contributed by atoms with E-state index in [1.165, 1.54) is 0 Å². The number of aliphatic hydroxyl groups is 1. The van der Waals surface area contributed by atoms with Crippen LogP contribution in [0.4, 0.5) is 14.7 Å². The van der Waals surface area contributed by atoms with Gasteiger partial charge in [-0.1, -0.05) is 10.4 Å². The van der Waals surface area contributed by atoms with Crippen molar-refractivity contribution in [2.24, 2.45) is 0 Å². The third-order valence-electron chi connectivity index (χ3n) is 6.85. The third kappa shape index (κ3) is 5.33. The topological polar surface area (TPSA) is 273 Å². The molecule has 0 aliphatic carbocycles. The summed E-state index contributed by atoms with van der Waals surface area (Å²) in [7, 11) is -2.70. The quantitative estimate of drug-likeness (QED) is 0.0880. The summed E-state index contributed by atoms with van der Waals surface area (Å²) in [6, 6.07) is 0. The molecular weight excluding hydrogens is 678 g/mol. The Morgan fingerprint density at radius 1 is 1.11 bits per heavy atom. The number of fused-ring (bicyclic) bond motifs is 2. The molecular formula is C18H20F2N11O9P2S2+. The Balaban J connectivity index is 1.29. The molecule has 2 fully saturated rings. The SMILES string of the molecule is Nc1nc2c(nnn2[C@@H]2O[C@H](CO)[C@@H](F)[C@H]2P(O)(=S)OC[C@H]2O[C@@H](n3nnc4c(=O)[nH]cnc43)[C@@H](F)[C@@H]2O[P+](=O)S)c(=O)[nH]1. The number of hydrogen-bond donors (Lipinski definition) is 6. The molecule has 4 aromatic heterocycles. The van der Waals surface area contributed by atoms with Crippen molar-refractivity contribution >= 4 is 66.1 Å². The zero-order valence-electron chi connectivity index (χ0n) is 21.5. The van der Waals surface area contributed by atoms with Crippen molar-refractivity contribution in [2.75, 3.05) is 18.9 Å². The Labute approximate surface area is 252 Å². The minimum Gasteiger partial charge on any atom is -0.394 e. The lowest BCUT2D eigenvalue weighted by molar-refractivity contribution is -0.0458. The van der Waals surface area contributed by atoms with Gasteiger partial charge in [-0.25, -0.2) is 13.8 Å². The van der Waals surface area contributed by atoms with Crippen LogP contribution in [0.5, 0.6) is 0 Å². The van der Waals surface area contributed by atoms with Crippen LogP contribution in [0.15, 0.2) is 15.9 Å². The molecule has 4 aromatic rings. The second kappa shape index (κ2) is 11.8. The predicted molar refractivity (Wildman–Crippen MR) is 149 cm³/mol. The van der Waals surface area contributed by atoms with E-state index >= 15 is 8.78 Å². The Hall–Kier alpha value is -2.92. The van der Waals surface area contributed by atoms with Crippen LogP contribution in [0, 0.1) is 0 Å². The molecule has 0 radical (unpaired) electrons. The smallest absolute Gasteiger partial charge is 0.394 e. The second-order valence-electron chi connectivity index (χ2n) is 9.46. The number of anilines is 1. The van der Waals surface area contributed by atoms with Gasteiger partial charge in [0.1, 0.15) is 36.3 Å². The van der Waals surface area contributed by atoms with Crippen molar-refractivity contribution in [1.82, 2.24) is 49.9 Å². The summed E-state index contributed by atoms with van der Waals surface area (Å²) in [6.07, 6.45) is -11.0. The number of nitrogens with zero attached hydrogens (tertiary/aromatic N) is 8. The number of nitrogens with one attached hydrogen (secondary N) is 2. The molecule has 2 aliphatic rings. The van der Waals surface area contributed by atoms with Crippen molar-refractivity contribution in [1.29, 1.82) is 0 Å². The molecule has 2 aliphatic heterocycles. The molecule has 6 heterocycles. The van der Waals surface area contributed by atoms with Gasteiger partial charge in [-0.2, -0.15) is 14.3 Å². The molecule has 0 spiro atoms. The van der Waals surface area contributed by atoms with Gasteiger partial charge >= 0.3 is 7.23 Å². The molecule has 0 aromatic carbocycles. The number of nitrogens with two attached hydrogens (primary N) is 1. The second-order valence-corrected chi connectivity index (χ2v) is 14.7. The minimum atomic E-state index is -4.36. The molecule has 6 rings (SSSR count). The first-order chi connectivity index (χ1) is 20.9. The summed E-state index contributed by atoms with van der Waals surface area (Å²) in [6.45, 7) is -5.93. The largest absolute Gasteiger partial charge is 0.582 e. The number of nitrogen functional groups attached to an aromatic ring is 1. The van der Waals surface area contributed by atoms with E-state index in [2.05, 4.69) is 52.8 Å². The van der Waals surface area contributed by atoms with Gasteiger partial charge in [0.2, 0.25) is 5.95 Å². The predicted octanol–water partition coefficient (Wildman–Crippen LogP) is -1.25. The highest BCUT2D eigenvalue weighted by atomic mass is 32.7. The lowest BCUT2D eigenvalue weighted by Gasteiger charge is -2.28. The molecule has 10 atom stereocenters. The summed E-state index contributed by atoms with van der Waals surface area (Å²) in [4.78, 5) is 48.0. The third-order valence-corrected chi connectivity index (χ3v) is 10.4. The van der Waals surface area contributed by atoms with Crippen LogP contribution in [0.1, 0.15) is 12.5 Å². The molecule has 236 valence electrons. The number of alkyl halides is 2. The first kappa shape index (κ1) is 31.1. The summed E-state index contributed by atoms with van der Waals surface area (Å²) < 4.78 is 66.9. The Bertz CT molecular complexity index is 1910. The average molecular weight is 699 g/mol. The summed E-state index contributed by atoms with van der Waals surface area (Å²) in [5, 5.41) is 24.6. The molecule has 20 nitrogen and oxygen atoms in total. The Morgan fingerprint density at radius 3 is 2.45 bits per heavy atom. The zero-order valence-corrected chi connectivity index (χ0v) is 25.0. The van der Waals surface area contributed by atoms with Crippen LogP contribution >= 0.6 is 26.0 Å². The van der Waals surface area contributed by atoms with Gasteiger partial charge in [0.15, 0.2) is 53.6 Å². The van der Waals surface area contributed by atoms with E-state index in [1.54, 1.807) is 0 Å². The zero-order chi connectivity index (χ0) is 31.5. The number of H-pyrrole nitrogens is 2. The van der Waals surface area contributed by atoms with Crippen LogP contribution in [0.3, 0.4) is 0 Å². The molecule has 0 amide bonds. The van der Waals surface area contributed by atoms with Crippen molar-refractivity contribution in [3.63, 3.8) is 0 Å². The maximum absolute atomic E-state index is 15.7. The van der Waals surface area contributed by atoms with Gasteiger partial charge < -0.3 is 34.7 Å². The number of aliphatic hydroxyl groups excluding tert-OH is 1. The fraction of sp³-hybridized carbons (Fsp3) is 0.556. The summed E-state index contributed by atoms with van der Waals surface area (Å²) >= 11 is 8.99. The number of halogens is 2. The first-order valence-electron chi connectivity index (χ1n) is 12.3. The molecule has 6 N–H and O–H groups in total. The normalized spacial score (nSPS) is 30.7. The summed E-state index contributed by atoms with van der Waals surface area (Å²) in [5.41, 5.74) is 1.61. The lowest BCUT2D eigenvalue weighted by atomic mass is 10.1. The fourth-order valence-electron chi connectivity index (χ4n) is 4.90. The average Bonchev–Trinajstić information content (AvgIpc) is 3.72. The lowest BCUT2D eigenvalue weighted by Crippen LogP contribution is -2.35. The van der Waals surface area contributed by atoms with Crippen LogP contribution in [-0.2, 0) is 34.9 Å². The van der Waals surface area contributed by atoms with Crippen LogP contribution in [0.2, 0.25) is 0 Å². The van der Waals surface area contributed by atoms with E-state index in [0.29, 0.717) is 0 Å². The molecule has 2 unspecified atom stereocenters. The number of aromatic nitrogens is 10. The van der Waals surface area contributed by atoms with Crippen molar-refractivity contribution in [3.05, 3.63) is 27.0 Å². The Kier molecular flexibility index (Phi) is 8.32. The number of hydrogen-bond acceptors (Lipinski definition) is 16. The number of thiol groups is 1. The highest BCUT2D eigenvalue weighted by molar-refractivity contribution is 8.39. The van der Waals surface area contributed by atoms with Crippen LogP contribution in [0.25, 0.3) is 22.3 Å². The highest BCUT2D eigenvalue weighted by Crippen LogP contribution is 2.58. The monoisotopic (exact) mass is 698 g/mol. The maximum Gasteiger partial charge on any atom is 0.582 e. The number of rotatable bonds is 9. The van der Waals surface area contributed by atoms with E-state index in [9.17, 15) is 24.2 Å². The van der Waals surface area contributed by atoms with Gasteiger partial charge in [0.05, 0.1) is 19.5 Å². The minimum absolute atomic E-state index is 0.140. The van der Waals surface area contributed by atoms with E-state index in [-0.39, 0.29) is 28.3 Å². The molecule has 0 saturated carbocycles. The van der Waals surface area contributed by atoms with Gasteiger partial charge in [-0.15, -0.1) is 14.7 Å². The van der Waals surface area contributed by atoms with E-state index < -0.39 is 86.8 Å². The Morgan fingerprint density at radius 2 is 1.77 bits per heavy atom. The standard InChI is InChI=1S/C18H19F2N11O9P2S2/c19-6-4(1-32)38-17(31-13-9(27-29-31)15(34)25-18(21)24-13)11(6)42(36,44)37-2-5-10(40-41(35)43)7(20)16(39-5)30-12-8(26-28-30)14(33)23-3-22-12/h3-7,10-11,16-17,32H,1-2H2,(H5-,21,22,23,24,25,28,29,33,34,35,36,43,44)/p+1/t4-,5-,6-,7+,10-,11-,16-,17-,42?/m1/s1. The van der Waals surface area contributed by atoms with E-state index in [4.69, 9.17) is 36.1 Å². The van der Waals surface area contributed by atoms with Crippen LogP contribution < -0.4 is 16.9 Å². The van der Waals surface area contributed by atoms with Gasteiger partial charge in [-0.3, -0.25) is 14.6 Å². The van der Waals surface area contributed by atoms with Crippen LogP contribution in [-0.4, -0.2) is 109 Å². The van der Waals surface area contributed by atoms with Crippen molar-refractivity contribution in [2.45, 2.75) is 48.8 Å². The van der Waals surface area contributed by atoms with Crippen molar-refractivity contribution in [3.8, 4) is 0 Å². The molecule has 44 heavy (non-hydrogen) atoms. The van der Waals surface area contributed by atoms with Gasteiger partial charge in [0, 0.05) is 0 Å². The fourth-order valence-corrected chi connectivity index (χ4v) is 8.13. The van der Waals surface area contributed by atoms with Gasteiger partial charge in [0.25, 0.3) is 11.1 Å².